The fraction of sp³-hybridized carbons (Fsp3) is 0.306. The second kappa shape index (κ2) is 15.3. The van der Waals surface area contributed by atoms with Gasteiger partial charge in [0.1, 0.15) is 11.6 Å². The molecule has 0 aliphatic carbocycles. The van der Waals surface area contributed by atoms with Crippen LogP contribution in [0.25, 0.3) is 16.7 Å². The van der Waals surface area contributed by atoms with Crippen molar-refractivity contribution in [2.24, 2.45) is 7.05 Å². The number of amides is 1. The third kappa shape index (κ3) is 7.61. The Kier molecular flexibility index (Phi) is 10.7. The van der Waals surface area contributed by atoms with Gasteiger partial charge >= 0.3 is 0 Å². The molecule has 0 unspecified atom stereocenters. The predicted molar refractivity (Wildman–Crippen MR) is 189 cm³/mol. The van der Waals surface area contributed by atoms with Gasteiger partial charge < -0.3 is 29.6 Å². The van der Waals surface area contributed by atoms with E-state index in [4.69, 9.17) is 14.2 Å². The predicted octanol–water partition coefficient (Wildman–Crippen LogP) is 3.10. The number of aromatic amines is 1. The first-order valence-corrected chi connectivity index (χ1v) is 17.9. The summed E-state index contributed by atoms with van der Waals surface area (Å²) >= 11 is 0. The lowest BCUT2D eigenvalue weighted by molar-refractivity contribution is -0.146. The number of hydrogen-bond acceptors (Lipinski definition) is 9. The lowest BCUT2D eigenvalue weighted by atomic mass is 9.93. The fourth-order valence-electron chi connectivity index (χ4n) is 6.12. The van der Waals surface area contributed by atoms with Gasteiger partial charge in [-0.1, -0.05) is 30.3 Å². The summed E-state index contributed by atoms with van der Waals surface area (Å²) in [5.41, 5.74) is 3.22. The summed E-state index contributed by atoms with van der Waals surface area (Å²) in [6, 6.07) is 22.7. The Labute approximate surface area is 294 Å². The van der Waals surface area contributed by atoms with E-state index in [1.807, 2.05) is 61.5 Å². The van der Waals surface area contributed by atoms with Crippen LogP contribution in [0.4, 0.5) is 0 Å². The van der Waals surface area contributed by atoms with Gasteiger partial charge in [-0.05, 0) is 61.5 Å². The number of para-hydroxylation sites is 3. The smallest absolute Gasteiger partial charge is 0.286 e. The first kappa shape index (κ1) is 35.6. The molecule has 3 heterocycles. The highest BCUT2D eigenvalue weighted by molar-refractivity contribution is 7.89. The van der Waals surface area contributed by atoms with Crippen LogP contribution in [0.3, 0.4) is 0 Å². The van der Waals surface area contributed by atoms with E-state index in [9.17, 15) is 23.1 Å². The number of fused-ring (bicyclic) bond motifs is 1. The van der Waals surface area contributed by atoms with Crippen LogP contribution in [0.2, 0.25) is 0 Å². The minimum absolute atomic E-state index is 0.0336. The molecule has 5 aromatic rings. The average Bonchev–Trinajstić information content (AvgIpc) is 3.66. The molecule has 51 heavy (non-hydrogen) atoms. The lowest BCUT2D eigenvalue weighted by Gasteiger charge is -2.29. The largest absolute Gasteiger partial charge is 0.497 e. The molecule has 268 valence electrons. The number of nitrogens with zero attached hydrogens (tertiary/aromatic N) is 4. The molecule has 0 fully saturated rings. The van der Waals surface area contributed by atoms with E-state index >= 15 is 0 Å². The summed E-state index contributed by atoms with van der Waals surface area (Å²) in [7, 11) is -0.705. The van der Waals surface area contributed by atoms with Gasteiger partial charge in [-0.2, -0.15) is 4.31 Å². The van der Waals surface area contributed by atoms with Crippen LogP contribution in [0.5, 0.6) is 5.75 Å². The van der Waals surface area contributed by atoms with Crippen molar-refractivity contribution in [1.82, 2.24) is 29.0 Å². The van der Waals surface area contributed by atoms with Crippen LogP contribution in [-0.2, 0) is 37.9 Å². The topological polar surface area (TPSA) is 170 Å². The number of nitrogens with one attached hydrogen (secondary N) is 2. The Morgan fingerprint density at radius 3 is 2.51 bits per heavy atom. The molecule has 3 N–H and O–H groups in total. The number of allylic oxidation sites excluding steroid dienone is 1. The number of carbonyl (C=O) groups excluding carboxylic acids is 1. The van der Waals surface area contributed by atoms with Crippen LogP contribution >= 0.6 is 0 Å². The number of aromatic nitrogens is 4. The summed E-state index contributed by atoms with van der Waals surface area (Å²) in [6.45, 7) is 1.13. The van der Waals surface area contributed by atoms with Gasteiger partial charge in [-0.25, -0.2) is 18.1 Å². The van der Waals surface area contributed by atoms with Gasteiger partial charge in [0.25, 0.3) is 11.5 Å². The van der Waals surface area contributed by atoms with E-state index < -0.39 is 34.7 Å². The highest BCUT2D eigenvalue weighted by Gasteiger charge is 2.33. The maximum Gasteiger partial charge on any atom is 0.286 e. The van der Waals surface area contributed by atoms with Gasteiger partial charge in [0.15, 0.2) is 5.76 Å². The molecular weight excluding hydrogens is 676 g/mol. The number of methoxy groups -OCH3 is 1. The van der Waals surface area contributed by atoms with E-state index in [2.05, 4.69) is 15.3 Å². The zero-order valence-corrected chi connectivity index (χ0v) is 29.3. The Morgan fingerprint density at radius 2 is 1.80 bits per heavy atom. The molecule has 6 rings (SSSR count). The molecule has 2 aromatic heterocycles. The van der Waals surface area contributed by atoms with Crippen LogP contribution < -0.4 is 15.6 Å². The fourth-order valence-corrected chi connectivity index (χ4v) is 7.54. The van der Waals surface area contributed by atoms with Crippen molar-refractivity contribution >= 4 is 27.0 Å². The molecule has 0 saturated heterocycles. The molecule has 0 saturated carbocycles. The van der Waals surface area contributed by atoms with Gasteiger partial charge in [-0.3, -0.25) is 14.3 Å². The van der Waals surface area contributed by atoms with Gasteiger partial charge in [-0.15, -0.1) is 0 Å². The molecule has 0 radical (unpaired) electrons. The number of rotatable bonds is 14. The average molecular weight is 717 g/mol. The standard InChI is InChI=1S/C36H40N6O8S/c1-24-34(36(45)42(40(24)2)26-9-5-4-6-10-26)25-21-31(35(44)37-23-32-38-29-11-7-8-12-30(29)39-32)50-33(22-25)49-20-18-41(17-19-43)51(46,47)28-15-13-27(48-3)14-16-28/h4-16,21,25,33,43H,17-20,22-23H2,1-3H3,(H,37,44)(H,38,39)/t25-,33+/m1/s1. The number of ether oxygens (including phenoxy) is 3. The molecular formula is C36H40N6O8S. The molecule has 1 aliphatic heterocycles. The number of carbonyl (C=O) groups is 1. The van der Waals surface area contributed by atoms with E-state index in [-0.39, 0.29) is 48.9 Å². The molecule has 1 amide bonds. The SMILES string of the molecule is COc1ccc(S(=O)(=O)N(CCO)CCO[C@@H]2C[C@H](c3c(C)n(C)n(-c4ccccc4)c3=O)C=C(C(=O)NCc3nc4ccccc4[nH]3)O2)cc1. The maximum absolute atomic E-state index is 14.0. The molecule has 0 spiro atoms. The molecule has 0 bridgehead atoms. The summed E-state index contributed by atoms with van der Waals surface area (Å²) in [4.78, 5) is 35.3. The van der Waals surface area contributed by atoms with Crippen molar-refractivity contribution in [3.63, 3.8) is 0 Å². The van der Waals surface area contributed by atoms with Crippen molar-refractivity contribution in [3.8, 4) is 11.4 Å². The number of sulfonamides is 1. The van der Waals surface area contributed by atoms with Crippen LogP contribution in [0.15, 0.2) is 100 Å². The number of aliphatic hydroxyl groups excluding tert-OH is 1. The monoisotopic (exact) mass is 716 g/mol. The van der Waals surface area contributed by atoms with Gasteiger partial charge in [0.05, 0.1) is 48.5 Å². The van der Waals surface area contributed by atoms with Crippen molar-refractivity contribution < 1.29 is 32.5 Å². The first-order valence-electron chi connectivity index (χ1n) is 16.4. The zero-order chi connectivity index (χ0) is 36.1. The Bertz CT molecular complexity index is 2160. The van der Waals surface area contributed by atoms with E-state index in [0.29, 0.717) is 28.5 Å². The number of benzene rings is 3. The van der Waals surface area contributed by atoms with E-state index in [1.165, 1.54) is 19.2 Å². The van der Waals surface area contributed by atoms with Crippen molar-refractivity contribution in [2.45, 2.75) is 37.0 Å². The normalized spacial score (nSPS) is 16.2. The number of imidazole rings is 1. The minimum atomic E-state index is -3.99. The first-order chi connectivity index (χ1) is 24.6. The van der Waals surface area contributed by atoms with Crippen molar-refractivity contribution in [2.75, 3.05) is 33.4 Å². The summed E-state index contributed by atoms with van der Waals surface area (Å²) in [5.74, 6) is -0.0911. The quantitative estimate of drug-likeness (QED) is 0.156. The third-order valence-electron chi connectivity index (χ3n) is 8.80. The van der Waals surface area contributed by atoms with Crippen LogP contribution in [0, 0.1) is 6.92 Å². The molecule has 14 nitrogen and oxygen atoms in total. The summed E-state index contributed by atoms with van der Waals surface area (Å²) in [6.07, 6.45) is 0.801. The van der Waals surface area contributed by atoms with Crippen LogP contribution in [-0.4, -0.2) is 82.8 Å². The second-order valence-corrected chi connectivity index (χ2v) is 13.9. The van der Waals surface area contributed by atoms with Gasteiger partial charge in [0, 0.05) is 43.7 Å². The minimum Gasteiger partial charge on any atom is -0.497 e. The Balaban J connectivity index is 1.23. The molecule has 2 atom stereocenters. The number of aliphatic hydroxyl groups is 1. The maximum atomic E-state index is 14.0. The zero-order valence-electron chi connectivity index (χ0n) is 28.5. The number of H-pyrrole nitrogens is 1. The summed E-state index contributed by atoms with van der Waals surface area (Å²) < 4.78 is 48.6. The van der Waals surface area contributed by atoms with Crippen molar-refractivity contribution in [3.05, 3.63) is 118 Å². The van der Waals surface area contributed by atoms with Crippen LogP contribution in [0.1, 0.15) is 29.4 Å². The number of hydrogen-bond donors (Lipinski definition) is 3. The highest BCUT2D eigenvalue weighted by atomic mass is 32.2. The van der Waals surface area contributed by atoms with Gasteiger partial charge in [0.2, 0.25) is 16.3 Å². The van der Waals surface area contributed by atoms with E-state index in [0.717, 1.165) is 15.3 Å². The molecule has 15 heteroatoms. The van der Waals surface area contributed by atoms with Crippen molar-refractivity contribution in [1.29, 1.82) is 0 Å². The Morgan fingerprint density at radius 1 is 1.08 bits per heavy atom. The summed E-state index contributed by atoms with van der Waals surface area (Å²) in [5, 5.41) is 12.5. The molecule has 1 aliphatic rings. The molecule has 3 aromatic carbocycles. The lowest BCUT2D eigenvalue weighted by Crippen LogP contribution is -2.38. The second-order valence-electron chi connectivity index (χ2n) is 12.0. The third-order valence-corrected chi connectivity index (χ3v) is 10.7. The Hall–Kier alpha value is -5.22. The highest BCUT2D eigenvalue weighted by Crippen LogP contribution is 2.32. The van der Waals surface area contributed by atoms with E-state index in [1.54, 1.807) is 34.6 Å².